The van der Waals surface area contributed by atoms with Gasteiger partial charge in [-0.15, -0.1) is 12.4 Å². The van der Waals surface area contributed by atoms with Gasteiger partial charge in [0.25, 0.3) is 0 Å². The van der Waals surface area contributed by atoms with E-state index in [1.165, 1.54) is 18.2 Å². The van der Waals surface area contributed by atoms with Gasteiger partial charge in [0.15, 0.2) is 0 Å². The number of hydrogen-bond donors (Lipinski definition) is 1. The molecule has 1 aromatic rings. The Bertz CT molecular complexity index is 493. The number of benzene rings is 1. The molecule has 3 nitrogen and oxygen atoms in total. The minimum absolute atomic E-state index is 0. The van der Waals surface area contributed by atoms with E-state index in [2.05, 4.69) is 0 Å². The van der Waals surface area contributed by atoms with Crippen molar-refractivity contribution in [3.05, 3.63) is 35.4 Å². The molecule has 1 aliphatic heterocycles. The van der Waals surface area contributed by atoms with Gasteiger partial charge in [0.05, 0.1) is 12.0 Å². The normalized spacial score (nSPS) is 18.5. The van der Waals surface area contributed by atoms with Crippen LogP contribution in [0, 0.1) is 5.92 Å². The molecule has 0 saturated carbocycles. The van der Waals surface area contributed by atoms with Crippen molar-refractivity contribution in [2.75, 3.05) is 19.6 Å². The number of carbonyl (C=O) groups excluding carboxylic acids is 1. The van der Waals surface area contributed by atoms with Crippen LogP contribution in [0.1, 0.15) is 17.5 Å². The minimum Gasteiger partial charge on any atom is -0.342 e. The quantitative estimate of drug-likeness (QED) is 0.929. The van der Waals surface area contributed by atoms with Gasteiger partial charge in [-0.25, -0.2) is 0 Å². The van der Waals surface area contributed by atoms with Gasteiger partial charge in [-0.3, -0.25) is 4.79 Å². The number of halogens is 4. The standard InChI is InChI=1S/C14H17F3N2O.ClH/c15-14(16,17)12-4-2-1-3-11(12)7-13(20)19-6-5-10(8-18)9-19;/h1-4,10H,5-9,18H2;1H. The lowest BCUT2D eigenvalue weighted by molar-refractivity contribution is -0.138. The van der Waals surface area contributed by atoms with Crippen molar-refractivity contribution in [2.45, 2.75) is 19.0 Å². The second kappa shape index (κ2) is 7.13. The first kappa shape index (κ1) is 17.8. The molecule has 0 aromatic heterocycles. The molecule has 0 spiro atoms. The Morgan fingerprint density at radius 2 is 2.00 bits per heavy atom. The molecule has 1 aromatic carbocycles. The summed E-state index contributed by atoms with van der Waals surface area (Å²) in [5.74, 6) is -0.00513. The summed E-state index contributed by atoms with van der Waals surface area (Å²) in [6.45, 7) is 1.63. The van der Waals surface area contributed by atoms with E-state index in [1.54, 1.807) is 4.90 Å². The van der Waals surface area contributed by atoms with E-state index < -0.39 is 11.7 Å². The molecule has 0 radical (unpaired) electrons. The van der Waals surface area contributed by atoms with Crippen LogP contribution in [0.25, 0.3) is 0 Å². The third kappa shape index (κ3) is 4.35. The molecule has 1 heterocycles. The van der Waals surface area contributed by atoms with Crippen LogP contribution < -0.4 is 5.73 Å². The Morgan fingerprint density at radius 1 is 1.33 bits per heavy atom. The molecule has 1 amide bonds. The average molecular weight is 323 g/mol. The SMILES string of the molecule is Cl.NCC1CCN(C(=O)Cc2ccccc2C(F)(F)F)C1. The number of likely N-dealkylation sites (tertiary alicyclic amines) is 1. The molecule has 0 aliphatic carbocycles. The maximum atomic E-state index is 12.9. The third-order valence-corrected chi connectivity index (χ3v) is 3.64. The van der Waals surface area contributed by atoms with Crippen molar-refractivity contribution in [2.24, 2.45) is 11.7 Å². The fourth-order valence-electron chi connectivity index (χ4n) is 2.48. The number of alkyl halides is 3. The highest BCUT2D eigenvalue weighted by Gasteiger charge is 2.34. The largest absolute Gasteiger partial charge is 0.416 e. The van der Waals surface area contributed by atoms with Gasteiger partial charge in [-0.05, 0) is 30.5 Å². The number of nitrogens with zero attached hydrogens (tertiary/aromatic N) is 1. The number of carbonyl (C=O) groups is 1. The lowest BCUT2D eigenvalue weighted by Crippen LogP contribution is -2.31. The maximum Gasteiger partial charge on any atom is 0.416 e. The van der Waals surface area contributed by atoms with Crippen LogP contribution in [0.2, 0.25) is 0 Å². The lowest BCUT2D eigenvalue weighted by atomic mass is 10.0. The maximum absolute atomic E-state index is 12.9. The lowest BCUT2D eigenvalue weighted by Gasteiger charge is -2.18. The molecule has 1 fully saturated rings. The first-order valence-electron chi connectivity index (χ1n) is 6.54. The molecule has 7 heteroatoms. The van der Waals surface area contributed by atoms with Crippen molar-refractivity contribution < 1.29 is 18.0 Å². The topological polar surface area (TPSA) is 46.3 Å². The fraction of sp³-hybridized carbons (Fsp3) is 0.500. The molecule has 1 aliphatic rings. The second-order valence-corrected chi connectivity index (χ2v) is 5.06. The summed E-state index contributed by atoms with van der Waals surface area (Å²) >= 11 is 0. The summed E-state index contributed by atoms with van der Waals surface area (Å²) in [5, 5.41) is 0. The van der Waals surface area contributed by atoms with E-state index in [9.17, 15) is 18.0 Å². The van der Waals surface area contributed by atoms with Gasteiger partial charge in [0, 0.05) is 13.1 Å². The van der Waals surface area contributed by atoms with Crippen LogP contribution in [0.5, 0.6) is 0 Å². The summed E-state index contributed by atoms with van der Waals surface area (Å²) in [6.07, 6.45) is -3.82. The number of hydrogen-bond acceptors (Lipinski definition) is 2. The van der Waals surface area contributed by atoms with Crippen molar-refractivity contribution in [1.82, 2.24) is 4.90 Å². The van der Waals surface area contributed by atoms with Crippen molar-refractivity contribution in [3.63, 3.8) is 0 Å². The molecule has 1 saturated heterocycles. The average Bonchev–Trinajstić information content (AvgIpc) is 2.87. The first-order chi connectivity index (χ1) is 9.41. The first-order valence-corrected chi connectivity index (χ1v) is 6.54. The fourth-order valence-corrected chi connectivity index (χ4v) is 2.48. The zero-order valence-electron chi connectivity index (χ0n) is 11.4. The van der Waals surface area contributed by atoms with Crippen LogP contribution >= 0.6 is 12.4 Å². The predicted molar refractivity (Wildman–Crippen MR) is 76.1 cm³/mol. The van der Waals surface area contributed by atoms with Crippen LogP contribution in [-0.2, 0) is 17.4 Å². The zero-order chi connectivity index (χ0) is 14.8. The van der Waals surface area contributed by atoms with Crippen molar-refractivity contribution in [1.29, 1.82) is 0 Å². The van der Waals surface area contributed by atoms with E-state index in [0.29, 0.717) is 19.6 Å². The molecule has 0 bridgehead atoms. The molecule has 2 rings (SSSR count). The third-order valence-electron chi connectivity index (χ3n) is 3.64. The number of rotatable bonds is 3. The second-order valence-electron chi connectivity index (χ2n) is 5.06. The Labute approximate surface area is 127 Å². The van der Waals surface area contributed by atoms with Crippen LogP contribution in [0.3, 0.4) is 0 Å². The van der Waals surface area contributed by atoms with E-state index in [1.807, 2.05) is 0 Å². The van der Waals surface area contributed by atoms with Gasteiger partial charge in [-0.1, -0.05) is 18.2 Å². The highest BCUT2D eigenvalue weighted by atomic mass is 35.5. The van der Waals surface area contributed by atoms with Crippen molar-refractivity contribution in [3.8, 4) is 0 Å². The van der Waals surface area contributed by atoms with Gasteiger partial charge in [0.2, 0.25) is 5.91 Å². The van der Waals surface area contributed by atoms with E-state index in [4.69, 9.17) is 5.73 Å². The van der Waals surface area contributed by atoms with Crippen LogP contribution in [0.4, 0.5) is 13.2 Å². The smallest absolute Gasteiger partial charge is 0.342 e. The molecule has 1 atom stereocenters. The molecule has 2 N–H and O–H groups in total. The monoisotopic (exact) mass is 322 g/mol. The Kier molecular flexibility index (Phi) is 6.04. The van der Waals surface area contributed by atoms with Crippen LogP contribution in [-0.4, -0.2) is 30.4 Å². The van der Waals surface area contributed by atoms with Gasteiger partial charge in [-0.2, -0.15) is 13.2 Å². The van der Waals surface area contributed by atoms with Crippen LogP contribution in [0.15, 0.2) is 24.3 Å². The molecule has 1 unspecified atom stereocenters. The van der Waals surface area contributed by atoms with E-state index in [0.717, 1.165) is 12.5 Å². The molecular weight excluding hydrogens is 305 g/mol. The summed E-state index contributed by atoms with van der Waals surface area (Å²) in [6, 6.07) is 5.22. The minimum atomic E-state index is -4.43. The Balaban J connectivity index is 0.00000220. The molecule has 21 heavy (non-hydrogen) atoms. The van der Waals surface area contributed by atoms with Gasteiger partial charge < -0.3 is 10.6 Å². The summed E-state index contributed by atoms with van der Waals surface area (Å²) in [5.41, 5.74) is 4.84. The number of nitrogens with two attached hydrogens (primary N) is 1. The van der Waals surface area contributed by atoms with Crippen molar-refractivity contribution >= 4 is 18.3 Å². The summed E-state index contributed by atoms with van der Waals surface area (Å²) < 4.78 is 38.6. The molecule has 118 valence electrons. The highest BCUT2D eigenvalue weighted by molar-refractivity contribution is 5.85. The molecular formula is C14H18ClF3N2O. The predicted octanol–water partition coefficient (Wildman–Crippen LogP) is 2.48. The van der Waals surface area contributed by atoms with Gasteiger partial charge in [0.1, 0.15) is 0 Å². The number of amides is 1. The zero-order valence-corrected chi connectivity index (χ0v) is 12.2. The summed E-state index contributed by atoms with van der Waals surface area (Å²) in [4.78, 5) is 13.7. The van der Waals surface area contributed by atoms with E-state index >= 15 is 0 Å². The Morgan fingerprint density at radius 3 is 2.57 bits per heavy atom. The Hall–Kier alpha value is -1.27. The summed E-state index contributed by atoms with van der Waals surface area (Å²) in [7, 11) is 0. The van der Waals surface area contributed by atoms with Gasteiger partial charge >= 0.3 is 6.18 Å². The van der Waals surface area contributed by atoms with E-state index in [-0.39, 0.29) is 36.2 Å². The highest BCUT2D eigenvalue weighted by Crippen LogP contribution is 2.32.